The second-order valence-electron chi connectivity index (χ2n) is 5.38. The molecule has 0 saturated heterocycles. The minimum absolute atomic E-state index is 0.00223. The van der Waals surface area contributed by atoms with Gasteiger partial charge in [0.2, 0.25) is 5.43 Å². The van der Waals surface area contributed by atoms with Crippen LogP contribution in [0.4, 0.5) is 0 Å². The Bertz CT molecular complexity index is 1380. The van der Waals surface area contributed by atoms with Gasteiger partial charge < -0.3 is 9.15 Å². The van der Waals surface area contributed by atoms with Crippen LogP contribution in [0.15, 0.2) is 49.3 Å². The third kappa shape index (κ3) is 3.30. The molecule has 0 aliphatic carbocycles. The van der Waals surface area contributed by atoms with Crippen LogP contribution in [0.1, 0.15) is 10.4 Å². The number of ether oxygens (including phenoxy) is 1. The predicted molar refractivity (Wildman–Crippen MR) is 91.0 cm³/mol. The van der Waals surface area contributed by atoms with E-state index in [0.29, 0.717) is 12.1 Å². The average Bonchev–Trinajstić information content (AvgIpc) is 2.58. The molecule has 0 spiro atoms. The number of benzene rings is 2. The standard InChI is InChI=1S/C15H10O10S2/c1-24-15(17)7-2-3-11-9(4-7)13(16)10-5-8(26(18,19)20)6-12(14(10)25-11)27(21,22)23/h2-6H,1H3,(H,18,19,20)(H,21,22,23). The van der Waals surface area contributed by atoms with E-state index in [1.54, 1.807) is 0 Å². The summed E-state index contributed by atoms with van der Waals surface area (Å²) < 4.78 is 74.5. The van der Waals surface area contributed by atoms with E-state index in [4.69, 9.17) is 4.42 Å². The van der Waals surface area contributed by atoms with Crippen molar-refractivity contribution in [3.05, 3.63) is 46.1 Å². The summed E-state index contributed by atoms with van der Waals surface area (Å²) in [6.07, 6.45) is 0. The zero-order valence-corrected chi connectivity index (χ0v) is 15.0. The molecule has 0 amide bonds. The fraction of sp³-hybridized carbons (Fsp3) is 0.0667. The third-order valence-electron chi connectivity index (χ3n) is 3.71. The van der Waals surface area contributed by atoms with E-state index in [-0.39, 0.29) is 16.5 Å². The Hall–Kier alpha value is -2.80. The van der Waals surface area contributed by atoms with Gasteiger partial charge in [0.25, 0.3) is 20.2 Å². The molecular weight excluding hydrogens is 404 g/mol. The molecule has 3 rings (SSSR count). The molecule has 0 radical (unpaired) electrons. The highest BCUT2D eigenvalue weighted by atomic mass is 32.2. The maximum atomic E-state index is 12.7. The van der Waals surface area contributed by atoms with Crippen LogP contribution in [0.3, 0.4) is 0 Å². The van der Waals surface area contributed by atoms with Crippen LogP contribution in [0.2, 0.25) is 0 Å². The highest BCUT2D eigenvalue weighted by Crippen LogP contribution is 2.28. The van der Waals surface area contributed by atoms with Crippen LogP contribution >= 0.6 is 0 Å². The lowest BCUT2D eigenvalue weighted by Crippen LogP contribution is -2.10. The molecule has 1 heterocycles. The Balaban J connectivity index is 2.55. The second-order valence-corrected chi connectivity index (χ2v) is 8.19. The molecule has 12 heteroatoms. The van der Waals surface area contributed by atoms with Crippen LogP contribution in [0.25, 0.3) is 21.9 Å². The van der Waals surface area contributed by atoms with E-state index in [0.717, 1.165) is 13.2 Å². The lowest BCUT2D eigenvalue weighted by molar-refractivity contribution is 0.0601. The topological polar surface area (TPSA) is 165 Å². The Morgan fingerprint density at radius 2 is 1.67 bits per heavy atom. The van der Waals surface area contributed by atoms with Crippen LogP contribution in [0, 0.1) is 0 Å². The van der Waals surface area contributed by atoms with E-state index < -0.39 is 52.4 Å². The van der Waals surface area contributed by atoms with Crippen molar-refractivity contribution in [1.29, 1.82) is 0 Å². The van der Waals surface area contributed by atoms with E-state index in [9.17, 15) is 35.5 Å². The number of hydrogen-bond acceptors (Lipinski definition) is 8. The number of rotatable bonds is 3. The molecule has 0 bridgehead atoms. The first kappa shape index (κ1) is 19.0. The molecule has 0 unspecified atom stereocenters. The van der Waals surface area contributed by atoms with Gasteiger partial charge in [0.1, 0.15) is 10.5 Å². The molecule has 0 aliphatic heterocycles. The fourth-order valence-corrected chi connectivity index (χ4v) is 3.76. The first-order valence-corrected chi connectivity index (χ1v) is 9.89. The molecule has 0 fully saturated rings. The predicted octanol–water partition coefficient (Wildman–Crippen LogP) is 1.23. The highest BCUT2D eigenvalue weighted by molar-refractivity contribution is 7.86. The molecule has 142 valence electrons. The maximum Gasteiger partial charge on any atom is 0.337 e. The summed E-state index contributed by atoms with van der Waals surface area (Å²) >= 11 is 0. The van der Waals surface area contributed by atoms with E-state index in [1.165, 1.54) is 12.1 Å². The monoisotopic (exact) mass is 414 g/mol. The van der Waals surface area contributed by atoms with E-state index in [1.807, 2.05) is 0 Å². The number of hydrogen-bond donors (Lipinski definition) is 2. The van der Waals surface area contributed by atoms with Crippen LogP contribution < -0.4 is 5.43 Å². The van der Waals surface area contributed by atoms with Crippen LogP contribution in [0.5, 0.6) is 0 Å². The van der Waals surface area contributed by atoms with Crippen molar-refractivity contribution in [2.75, 3.05) is 7.11 Å². The number of carbonyl (C=O) groups is 1. The molecule has 1 aromatic heterocycles. The second kappa shape index (κ2) is 6.13. The zero-order valence-electron chi connectivity index (χ0n) is 13.4. The average molecular weight is 414 g/mol. The van der Waals surface area contributed by atoms with Gasteiger partial charge in [-0.15, -0.1) is 0 Å². The summed E-state index contributed by atoms with van der Waals surface area (Å²) in [4.78, 5) is 22.4. The van der Waals surface area contributed by atoms with Crippen molar-refractivity contribution in [3.63, 3.8) is 0 Å². The summed E-state index contributed by atoms with van der Waals surface area (Å²) in [6.45, 7) is 0. The molecule has 0 saturated carbocycles. The third-order valence-corrected chi connectivity index (χ3v) is 5.40. The van der Waals surface area contributed by atoms with Gasteiger partial charge in [-0.05, 0) is 30.3 Å². The molecule has 0 atom stereocenters. The number of methoxy groups -OCH3 is 1. The van der Waals surface area contributed by atoms with Gasteiger partial charge in [-0.25, -0.2) is 4.79 Å². The van der Waals surface area contributed by atoms with E-state index in [2.05, 4.69) is 4.74 Å². The summed E-state index contributed by atoms with van der Waals surface area (Å²) in [5, 5.41) is -0.702. The summed E-state index contributed by atoms with van der Waals surface area (Å²) in [5.41, 5.74) is -1.61. The molecule has 0 aliphatic rings. The Kier molecular flexibility index (Phi) is 4.31. The smallest absolute Gasteiger partial charge is 0.337 e. The first-order chi connectivity index (χ1) is 12.4. The Morgan fingerprint density at radius 3 is 2.22 bits per heavy atom. The molecule has 2 N–H and O–H groups in total. The van der Waals surface area contributed by atoms with Crippen molar-refractivity contribution in [2.45, 2.75) is 9.79 Å². The van der Waals surface area contributed by atoms with Crippen molar-refractivity contribution >= 4 is 48.1 Å². The van der Waals surface area contributed by atoms with Gasteiger partial charge in [0.05, 0.1) is 28.3 Å². The summed E-state index contributed by atoms with van der Waals surface area (Å²) in [6, 6.07) is 4.77. The fourth-order valence-electron chi connectivity index (χ4n) is 2.49. The quantitative estimate of drug-likeness (QED) is 0.361. The van der Waals surface area contributed by atoms with Crippen LogP contribution in [-0.4, -0.2) is 39.0 Å². The SMILES string of the molecule is COC(=O)c1ccc2oc3c(S(=O)(=O)O)cc(S(=O)(=O)O)cc3c(=O)c2c1. The summed E-state index contributed by atoms with van der Waals surface area (Å²) in [7, 11) is -8.78. The van der Waals surface area contributed by atoms with Crippen molar-refractivity contribution in [2.24, 2.45) is 0 Å². The first-order valence-electron chi connectivity index (χ1n) is 7.01. The normalized spacial score (nSPS) is 12.4. The lowest BCUT2D eigenvalue weighted by Gasteiger charge is -2.08. The van der Waals surface area contributed by atoms with E-state index >= 15 is 0 Å². The Morgan fingerprint density at radius 1 is 1.00 bits per heavy atom. The maximum absolute atomic E-state index is 12.7. The molecule has 3 aromatic rings. The Labute approximate surface area is 151 Å². The largest absolute Gasteiger partial charge is 0.465 e. The minimum Gasteiger partial charge on any atom is -0.465 e. The number of esters is 1. The van der Waals surface area contributed by atoms with Crippen molar-refractivity contribution in [3.8, 4) is 0 Å². The zero-order chi connectivity index (χ0) is 20.1. The van der Waals surface area contributed by atoms with Gasteiger partial charge >= 0.3 is 5.97 Å². The number of fused-ring (bicyclic) bond motifs is 2. The lowest BCUT2D eigenvalue weighted by atomic mass is 10.1. The number of carbonyl (C=O) groups excluding carboxylic acids is 1. The van der Waals surface area contributed by atoms with Gasteiger partial charge in [-0.1, -0.05) is 0 Å². The highest BCUT2D eigenvalue weighted by Gasteiger charge is 2.24. The summed E-state index contributed by atoms with van der Waals surface area (Å²) in [5.74, 6) is -0.748. The van der Waals surface area contributed by atoms with Crippen molar-refractivity contribution < 1.29 is 39.9 Å². The van der Waals surface area contributed by atoms with Crippen LogP contribution in [-0.2, 0) is 25.0 Å². The van der Waals surface area contributed by atoms with Gasteiger partial charge in [-0.2, -0.15) is 16.8 Å². The molecule has 2 aromatic carbocycles. The molecule has 27 heavy (non-hydrogen) atoms. The minimum atomic E-state index is -5.01. The van der Waals surface area contributed by atoms with Gasteiger partial charge in [0, 0.05) is 0 Å². The van der Waals surface area contributed by atoms with Crippen molar-refractivity contribution in [1.82, 2.24) is 0 Å². The molecule has 10 nitrogen and oxygen atoms in total. The molecular formula is C15H10O10S2. The van der Waals surface area contributed by atoms with Gasteiger partial charge in [0.15, 0.2) is 5.58 Å². The van der Waals surface area contributed by atoms with Gasteiger partial charge in [-0.3, -0.25) is 13.9 Å².